The highest BCUT2D eigenvalue weighted by molar-refractivity contribution is 5.15. The Morgan fingerprint density at radius 2 is 1.12 bits per heavy atom. The molecular weight excluding hydrogens is 292 g/mol. The van der Waals surface area contributed by atoms with Crippen molar-refractivity contribution in [2.45, 2.75) is 109 Å². The van der Waals surface area contributed by atoms with E-state index in [4.69, 9.17) is 0 Å². The van der Waals surface area contributed by atoms with E-state index in [0.717, 1.165) is 12.8 Å². The van der Waals surface area contributed by atoms with E-state index < -0.39 is 6.10 Å². The molecule has 1 rings (SSSR count). The minimum absolute atomic E-state index is 0.417. The maximum atomic E-state index is 12.0. The van der Waals surface area contributed by atoms with E-state index in [0.29, 0.717) is 6.42 Å². The predicted octanol–water partition coefficient (Wildman–Crippen LogP) is 7.51. The van der Waals surface area contributed by atoms with E-state index in [9.17, 15) is 5.11 Å². The summed E-state index contributed by atoms with van der Waals surface area (Å²) in [4.78, 5) is 0. The first-order valence-corrected chi connectivity index (χ1v) is 10.5. The van der Waals surface area contributed by atoms with Crippen molar-refractivity contribution in [1.29, 1.82) is 0 Å². The monoisotopic (exact) mass is 331 g/mol. The van der Waals surface area contributed by atoms with Crippen LogP contribution in [0, 0.1) is 0 Å². The van der Waals surface area contributed by atoms with Gasteiger partial charge in [-0.3, -0.25) is 0 Å². The summed E-state index contributed by atoms with van der Waals surface area (Å²) in [6, 6.07) is 10.2. The first-order chi connectivity index (χ1) is 11.8. The van der Waals surface area contributed by atoms with E-state index in [2.05, 4.69) is 19.1 Å². The number of hydrogen-bond donors (Lipinski definition) is 0. The molecule has 1 aromatic rings. The number of hydrogen-bond acceptors (Lipinski definition) is 0. The molecule has 0 saturated carbocycles. The highest BCUT2D eigenvalue weighted by Gasteiger charge is 2.06. The summed E-state index contributed by atoms with van der Waals surface area (Å²) in [5.74, 6) is 0. The molecular formula is C23H39O. The van der Waals surface area contributed by atoms with Gasteiger partial charge in [-0.2, -0.15) is 0 Å². The molecule has 1 aromatic carbocycles. The van der Waals surface area contributed by atoms with Crippen LogP contribution in [0.1, 0.15) is 102 Å². The van der Waals surface area contributed by atoms with E-state index in [-0.39, 0.29) is 0 Å². The number of rotatable bonds is 16. The fourth-order valence-electron chi connectivity index (χ4n) is 3.37. The quantitative estimate of drug-likeness (QED) is 0.279. The fourth-order valence-corrected chi connectivity index (χ4v) is 3.37. The molecule has 0 heterocycles. The normalized spacial score (nSPS) is 12.4. The second-order valence-electron chi connectivity index (χ2n) is 7.34. The Kier molecular flexibility index (Phi) is 13.9. The fraction of sp³-hybridized carbons (Fsp3) is 0.739. The molecule has 1 atom stereocenters. The molecule has 0 fully saturated rings. The van der Waals surface area contributed by atoms with E-state index >= 15 is 0 Å². The van der Waals surface area contributed by atoms with Gasteiger partial charge in [0.2, 0.25) is 0 Å². The van der Waals surface area contributed by atoms with Gasteiger partial charge < -0.3 is 0 Å². The zero-order chi connectivity index (χ0) is 17.3. The Labute approximate surface area is 150 Å². The van der Waals surface area contributed by atoms with Gasteiger partial charge in [-0.25, -0.2) is 5.11 Å². The Morgan fingerprint density at radius 3 is 1.62 bits per heavy atom. The Balaban J connectivity index is 1.80. The zero-order valence-corrected chi connectivity index (χ0v) is 16.0. The van der Waals surface area contributed by atoms with E-state index in [1.165, 1.54) is 82.6 Å². The minimum Gasteiger partial charge on any atom is -0.233 e. The van der Waals surface area contributed by atoms with Gasteiger partial charge in [-0.15, -0.1) is 0 Å². The minimum atomic E-state index is -0.417. The third kappa shape index (κ3) is 12.6. The third-order valence-electron chi connectivity index (χ3n) is 4.94. The standard InChI is InChI=1S/C23H39O/c1-2-3-4-5-6-7-8-9-10-11-12-13-17-20-23(24)21-22-18-15-14-16-19-22/h14-16,18-19,23H,2-13,17,20-21H2,1H3. The Hall–Kier alpha value is -0.820. The smallest absolute Gasteiger partial charge is 0.0970 e. The Morgan fingerprint density at radius 1 is 0.667 bits per heavy atom. The zero-order valence-electron chi connectivity index (χ0n) is 16.0. The van der Waals surface area contributed by atoms with Crippen LogP contribution in [0.5, 0.6) is 0 Å². The van der Waals surface area contributed by atoms with Crippen molar-refractivity contribution in [2.75, 3.05) is 0 Å². The van der Waals surface area contributed by atoms with Crippen molar-refractivity contribution in [3.63, 3.8) is 0 Å². The molecule has 0 aliphatic heterocycles. The first kappa shape index (κ1) is 21.2. The van der Waals surface area contributed by atoms with Crippen LogP contribution in [0.25, 0.3) is 0 Å². The molecule has 0 N–H and O–H groups in total. The largest absolute Gasteiger partial charge is 0.233 e. The summed E-state index contributed by atoms with van der Waals surface area (Å²) in [7, 11) is 0. The second kappa shape index (κ2) is 15.7. The summed E-state index contributed by atoms with van der Waals surface area (Å²) < 4.78 is 0. The van der Waals surface area contributed by atoms with E-state index in [1.807, 2.05) is 18.2 Å². The van der Waals surface area contributed by atoms with Crippen LogP contribution < -0.4 is 0 Å². The van der Waals surface area contributed by atoms with Crippen molar-refractivity contribution in [3.05, 3.63) is 35.9 Å². The summed E-state index contributed by atoms with van der Waals surface area (Å²) in [6.45, 7) is 2.28. The van der Waals surface area contributed by atoms with Crippen molar-refractivity contribution in [3.8, 4) is 0 Å². The van der Waals surface area contributed by atoms with Crippen LogP contribution >= 0.6 is 0 Å². The molecule has 1 radical (unpaired) electrons. The molecule has 1 unspecified atom stereocenters. The molecule has 0 aliphatic carbocycles. The molecule has 0 saturated heterocycles. The highest BCUT2D eigenvalue weighted by Crippen LogP contribution is 2.14. The van der Waals surface area contributed by atoms with Gasteiger partial charge in [0.25, 0.3) is 0 Å². The maximum Gasteiger partial charge on any atom is 0.0970 e. The van der Waals surface area contributed by atoms with Crippen LogP contribution in [-0.4, -0.2) is 6.10 Å². The van der Waals surface area contributed by atoms with Crippen molar-refractivity contribution in [2.24, 2.45) is 0 Å². The molecule has 24 heavy (non-hydrogen) atoms. The van der Waals surface area contributed by atoms with Crippen molar-refractivity contribution in [1.82, 2.24) is 0 Å². The highest BCUT2D eigenvalue weighted by atomic mass is 16.3. The molecule has 0 amide bonds. The topological polar surface area (TPSA) is 19.9 Å². The van der Waals surface area contributed by atoms with Gasteiger partial charge in [-0.1, -0.05) is 121 Å². The van der Waals surface area contributed by atoms with Gasteiger partial charge in [-0.05, 0) is 12.0 Å². The SMILES string of the molecule is CCCCCCCCCCCCCCCC([O])Cc1ccccc1. The average molecular weight is 332 g/mol. The lowest BCUT2D eigenvalue weighted by Gasteiger charge is -2.08. The van der Waals surface area contributed by atoms with Crippen LogP contribution in [-0.2, 0) is 11.5 Å². The molecule has 1 heteroatoms. The molecule has 1 nitrogen and oxygen atoms in total. The maximum absolute atomic E-state index is 12.0. The molecule has 0 spiro atoms. The summed E-state index contributed by atoms with van der Waals surface area (Å²) in [5, 5.41) is 12.0. The molecule has 0 aromatic heterocycles. The van der Waals surface area contributed by atoms with E-state index in [1.54, 1.807) is 0 Å². The number of benzene rings is 1. The summed E-state index contributed by atoms with van der Waals surface area (Å²) in [5.41, 5.74) is 1.19. The average Bonchev–Trinajstić information content (AvgIpc) is 2.60. The van der Waals surface area contributed by atoms with Gasteiger partial charge in [0.1, 0.15) is 0 Å². The van der Waals surface area contributed by atoms with Crippen LogP contribution in [0.3, 0.4) is 0 Å². The Bertz CT molecular complexity index is 360. The van der Waals surface area contributed by atoms with Crippen molar-refractivity contribution < 1.29 is 5.11 Å². The lowest BCUT2D eigenvalue weighted by molar-refractivity contribution is 0.0790. The van der Waals surface area contributed by atoms with Crippen LogP contribution in [0.4, 0.5) is 0 Å². The molecule has 137 valence electrons. The van der Waals surface area contributed by atoms with Crippen LogP contribution in [0.2, 0.25) is 0 Å². The summed E-state index contributed by atoms with van der Waals surface area (Å²) >= 11 is 0. The lowest BCUT2D eigenvalue weighted by Crippen LogP contribution is -2.08. The van der Waals surface area contributed by atoms with Crippen molar-refractivity contribution >= 4 is 0 Å². The van der Waals surface area contributed by atoms with Crippen LogP contribution in [0.15, 0.2) is 30.3 Å². The molecule has 0 aliphatic rings. The van der Waals surface area contributed by atoms with Gasteiger partial charge in [0.05, 0.1) is 6.10 Å². The summed E-state index contributed by atoms with van der Waals surface area (Å²) in [6.07, 6.45) is 18.9. The molecule has 0 bridgehead atoms. The van der Waals surface area contributed by atoms with Gasteiger partial charge >= 0.3 is 0 Å². The third-order valence-corrected chi connectivity index (χ3v) is 4.94. The van der Waals surface area contributed by atoms with Gasteiger partial charge in [0.15, 0.2) is 0 Å². The first-order valence-electron chi connectivity index (χ1n) is 10.5. The predicted molar refractivity (Wildman–Crippen MR) is 105 cm³/mol. The van der Waals surface area contributed by atoms with Gasteiger partial charge in [0, 0.05) is 6.42 Å². The number of unbranched alkanes of at least 4 members (excludes halogenated alkanes) is 12. The lowest BCUT2D eigenvalue weighted by atomic mass is 10.0. The second-order valence-corrected chi connectivity index (χ2v) is 7.34.